The SMILES string of the molecule is COC(=O)[C@H](Cc1cccc(OCc2ccccc2)c1)NC(=O)[C@H](Cc1ccccc1)NC(C)=O. The maximum atomic E-state index is 13.1. The minimum atomic E-state index is -0.927. The zero-order chi connectivity index (χ0) is 25.0. The number of rotatable bonds is 11. The van der Waals surface area contributed by atoms with Crippen LogP contribution in [0.2, 0.25) is 0 Å². The number of methoxy groups -OCH3 is 1. The third-order valence-corrected chi connectivity index (χ3v) is 5.37. The zero-order valence-electron chi connectivity index (χ0n) is 19.9. The highest BCUT2D eigenvalue weighted by Gasteiger charge is 2.27. The summed E-state index contributed by atoms with van der Waals surface area (Å²) >= 11 is 0. The molecule has 0 heterocycles. The lowest BCUT2D eigenvalue weighted by Crippen LogP contribution is -2.53. The summed E-state index contributed by atoms with van der Waals surface area (Å²) in [6, 6.07) is 24.8. The number of carbonyl (C=O) groups excluding carboxylic acids is 3. The Hall–Kier alpha value is -4.13. The van der Waals surface area contributed by atoms with Crippen LogP contribution in [-0.4, -0.2) is 37.0 Å². The van der Waals surface area contributed by atoms with Crippen molar-refractivity contribution in [3.05, 3.63) is 102 Å². The molecular formula is C28H30N2O5. The molecule has 0 saturated carbocycles. The van der Waals surface area contributed by atoms with Gasteiger partial charge in [-0.2, -0.15) is 0 Å². The average Bonchev–Trinajstić information content (AvgIpc) is 2.87. The van der Waals surface area contributed by atoms with Crippen LogP contribution in [-0.2, 0) is 38.6 Å². The molecule has 0 aliphatic rings. The fraction of sp³-hybridized carbons (Fsp3) is 0.250. The molecule has 0 spiro atoms. The lowest BCUT2D eigenvalue weighted by Gasteiger charge is -2.22. The number of ether oxygens (including phenoxy) is 2. The predicted octanol–water partition coefficient (Wildman–Crippen LogP) is 3.21. The number of esters is 1. The Morgan fingerprint density at radius 1 is 0.743 bits per heavy atom. The van der Waals surface area contributed by atoms with E-state index in [2.05, 4.69) is 10.6 Å². The normalized spacial score (nSPS) is 12.2. The molecule has 3 rings (SSSR count). The van der Waals surface area contributed by atoms with Crippen molar-refractivity contribution in [3.8, 4) is 5.75 Å². The van der Waals surface area contributed by atoms with Crippen LogP contribution in [0.25, 0.3) is 0 Å². The van der Waals surface area contributed by atoms with Crippen LogP contribution >= 0.6 is 0 Å². The summed E-state index contributed by atoms with van der Waals surface area (Å²) in [5, 5.41) is 5.42. The predicted molar refractivity (Wildman–Crippen MR) is 133 cm³/mol. The standard InChI is InChI=1S/C28H30N2O5/c1-20(31)29-25(17-21-10-5-3-6-11-21)27(32)30-26(28(33)34-2)18-23-14-9-15-24(16-23)35-19-22-12-7-4-8-13-22/h3-16,25-26H,17-19H2,1-2H3,(H,29,31)(H,30,32)/t25-,26-/m0/s1. The number of carbonyl (C=O) groups is 3. The molecular weight excluding hydrogens is 444 g/mol. The van der Waals surface area contributed by atoms with Gasteiger partial charge in [0.1, 0.15) is 24.4 Å². The van der Waals surface area contributed by atoms with E-state index in [0.717, 1.165) is 16.7 Å². The van der Waals surface area contributed by atoms with Crippen molar-refractivity contribution >= 4 is 17.8 Å². The van der Waals surface area contributed by atoms with E-state index in [1.54, 1.807) is 0 Å². The number of nitrogens with one attached hydrogen (secondary N) is 2. The molecule has 3 aromatic carbocycles. The second-order valence-electron chi connectivity index (χ2n) is 8.15. The molecule has 7 heteroatoms. The highest BCUT2D eigenvalue weighted by atomic mass is 16.5. The quantitative estimate of drug-likeness (QED) is 0.416. The highest BCUT2D eigenvalue weighted by Crippen LogP contribution is 2.17. The van der Waals surface area contributed by atoms with Gasteiger partial charge in [-0.25, -0.2) is 4.79 Å². The molecule has 0 bridgehead atoms. The van der Waals surface area contributed by atoms with E-state index in [1.807, 2.05) is 84.9 Å². The van der Waals surface area contributed by atoms with E-state index >= 15 is 0 Å². The van der Waals surface area contributed by atoms with Crippen molar-refractivity contribution in [2.75, 3.05) is 7.11 Å². The van der Waals surface area contributed by atoms with Gasteiger partial charge < -0.3 is 20.1 Å². The maximum absolute atomic E-state index is 13.1. The van der Waals surface area contributed by atoms with Gasteiger partial charge in [0.2, 0.25) is 11.8 Å². The molecule has 2 amide bonds. The molecule has 0 unspecified atom stereocenters. The van der Waals surface area contributed by atoms with E-state index in [9.17, 15) is 14.4 Å². The molecule has 0 aliphatic carbocycles. The van der Waals surface area contributed by atoms with Crippen LogP contribution < -0.4 is 15.4 Å². The van der Waals surface area contributed by atoms with E-state index in [0.29, 0.717) is 18.8 Å². The molecule has 3 aromatic rings. The summed E-state index contributed by atoms with van der Waals surface area (Å²) in [7, 11) is 1.27. The summed E-state index contributed by atoms with van der Waals surface area (Å²) in [4.78, 5) is 37.3. The lowest BCUT2D eigenvalue weighted by molar-refractivity contribution is -0.145. The highest BCUT2D eigenvalue weighted by molar-refractivity contribution is 5.90. The van der Waals surface area contributed by atoms with Crippen molar-refractivity contribution in [1.29, 1.82) is 0 Å². The van der Waals surface area contributed by atoms with Crippen LogP contribution in [0.5, 0.6) is 5.75 Å². The first kappa shape index (κ1) is 25.5. The minimum Gasteiger partial charge on any atom is -0.489 e. The van der Waals surface area contributed by atoms with Gasteiger partial charge in [0.15, 0.2) is 0 Å². The Bertz CT molecular complexity index is 1120. The summed E-state index contributed by atoms with van der Waals surface area (Å²) in [6.45, 7) is 1.77. The molecule has 2 atom stereocenters. The van der Waals surface area contributed by atoms with Crippen molar-refractivity contribution in [3.63, 3.8) is 0 Å². The first-order chi connectivity index (χ1) is 16.9. The zero-order valence-corrected chi connectivity index (χ0v) is 19.9. The Kier molecular flexibility index (Phi) is 9.42. The van der Waals surface area contributed by atoms with E-state index in [-0.39, 0.29) is 12.3 Å². The topological polar surface area (TPSA) is 93.7 Å². The molecule has 182 valence electrons. The van der Waals surface area contributed by atoms with Crippen LogP contribution in [0.4, 0.5) is 0 Å². The molecule has 0 aromatic heterocycles. The number of amides is 2. The molecule has 7 nitrogen and oxygen atoms in total. The van der Waals surface area contributed by atoms with Crippen molar-refractivity contribution in [2.24, 2.45) is 0 Å². The van der Waals surface area contributed by atoms with E-state index < -0.39 is 24.0 Å². The van der Waals surface area contributed by atoms with Crippen LogP contribution in [0, 0.1) is 0 Å². The van der Waals surface area contributed by atoms with Crippen molar-refractivity contribution in [1.82, 2.24) is 10.6 Å². The monoisotopic (exact) mass is 474 g/mol. The third kappa shape index (κ3) is 8.30. The average molecular weight is 475 g/mol. The number of hydrogen-bond donors (Lipinski definition) is 2. The first-order valence-electron chi connectivity index (χ1n) is 11.4. The van der Waals surface area contributed by atoms with Crippen molar-refractivity contribution in [2.45, 2.75) is 38.5 Å². The van der Waals surface area contributed by atoms with Gasteiger partial charge in [0.25, 0.3) is 0 Å². The first-order valence-corrected chi connectivity index (χ1v) is 11.4. The summed E-state index contributed by atoms with van der Waals surface area (Å²) in [6.07, 6.45) is 0.502. The van der Waals surface area contributed by atoms with Gasteiger partial charge in [-0.1, -0.05) is 72.8 Å². The van der Waals surface area contributed by atoms with Gasteiger partial charge in [-0.3, -0.25) is 9.59 Å². The molecule has 2 N–H and O–H groups in total. The van der Waals surface area contributed by atoms with Crippen LogP contribution in [0.15, 0.2) is 84.9 Å². The second kappa shape index (κ2) is 12.9. The Labute approximate surface area is 205 Å². The molecule has 0 saturated heterocycles. The van der Waals surface area contributed by atoms with Gasteiger partial charge >= 0.3 is 5.97 Å². The maximum Gasteiger partial charge on any atom is 0.328 e. The van der Waals surface area contributed by atoms with E-state index in [4.69, 9.17) is 9.47 Å². The van der Waals surface area contributed by atoms with Gasteiger partial charge in [0.05, 0.1) is 7.11 Å². The minimum absolute atomic E-state index is 0.207. The number of hydrogen-bond acceptors (Lipinski definition) is 5. The summed E-state index contributed by atoms with van der Waals surface area (Å²) < 4.78 is 10.8. The van der Waals surface area contributed by atoms with Gasteiger partial charge in [0, 0.05) is 19.8 Å². The van der Waals surface area contributed by atoms with Crippen molar-refractivity contribution < 1.29 is 23.9 Å². The van der Waals surface area contributed by atoms with Crippen LogP contribution in [0.3, 0.4) is 0 Å². The number of benzene rings is 3. The Morgan fingerprint density at radius 2 is 1.34 bits per heavy atom. The van der Waals surface area contributed by atoms with Crippen LogP contribution in [0.1, 0.15) is 23.6 Å². The summed E-state index contributed by atoms with van der Waals surface area (Å²) in [5.74, 6) is -0.716. The Balaban J connectivity index is 1.69. The molecule has 0 aliphatic heterocycles. The Morgan fingerprint density at radius 3 is 1.97 bits per heavy atom. The molecule has 0 fully saturated rings. The molecule has 35 heavy (non-hydrogen) atoms. The third-order valence-electron chi connectivity index (χ3n) is 5.37. The van der Waals surface area contributed by atoms with E-state index in [1.165, 1.54) is 14.0 Å². The molecule has 0 radical (unpaired) electrons. The summed E-state index contributed by atoms with van der Waals surface area (Å²) in [5.41, 5.74) is 2.73. The fourth-order valence-electron chi connectivity index (χ4n) is 3.65. The fourth-order valence-corrected chi connectivity index (χ4v) is 3.65. The lowest BCUT2D eigenvalue weighted by atomic mass is 10.0. The largest absolute Gasteiger partial charge is 0.489 e. The van der Waals surface area contributed by atoms with Gasteiger partial charge in [-0.15, -0.1) is 0 Å². The smallest absolute Gasteiger partial charge is 0.328 e. The van der Waals surface area contributed by atoms with Gasteiger partial charge in [-0.05, 0) is 28.8 Å². The second-order valence-corrected chi connectivity index (χ2v) is 8.15.